The van der Waals surface area contributed by atoms with Gasteiger partial charge in [0.05, 0.1) is 4.90 Å². The molecule has 194 valence electrons. The molecular weight excluding hydrogens is 497 g/mol. The van der Waals surface area contributed by atoms with E-state index in [0.29, 0.717) is 5.69 Å². The number of carboxylic acid groups (broad SMARTS) is 1. The van der Waals surface area contributed by atoms with Crippen LogP contribution >= 0.6 is 0 Å². The van der Waals surface area contributed by atoms with Crippen LogP contribution in [0.25, 0.3) is 11.1 Å². The minimum absolute atomic E-state index is 0.0769. The summed E-state index contributed by atoms with van der Waals surface area (Å²) in [5.74, 6) is -2.37. The van der Waals surface area contributed by atoms with Crippen LogP contribution in [0, 0.1) is 5.82 Å². The Morgan fingerprint density at radius 1 is 0.892 bits per heavy atom. The predicted molar refractivity (Wildman–Crippen MR) is 139 cm³/mol. The number of carboxylic acids is 1. The first-order valence-corrected chi connectivity index (χ1v) is 13.5. The smallest absolute Gasteiger partial charge is 0.321 e. The number of rotatable bonds is 10. The summed E-state index contributed by atoms with van der Waals surface area (Å²) in [6.45, 7) is 2.10. The van der Waals surface area contributed by atoms with Crippen LogP contribution in [0.5, 0.6) is 0 Å². The Kier molecular flexibility index (Phi) is 8.20. The summed E-state index contributed by atoms with van der Waals surface area (Å²) < 4.78 is 40.8. The summed E-state index contributed by atoms with van der Waals surface area (Å²) in [4.78, 5) is 26.1. The van der Waals surface area contributed by atoms with E-state index in [9.17, 15) is 27.5 Å². The number of nitrogens with zero attached hydrogens (tertiary/aromatic N) is 1. The van der Waals surface area contributed by atoms with Crippen LogP contribution in [0.1, 0.15) is 25.7 Å². The molecule has 1 aliphatic heterocycles. The Balaban J connectivity index is 1.37. The molecule has 1 amide bonds. The number of carbonyl (C=O) groups excluding carboxylic acids is 1. The summed E-state index contributed by atoms with van der Waals surface area (Å²) in [6, 6.07) is 17.9. The number of halogens is 1. The van der Waals surface area contributed by atoms with Crippen LogP contribution in [0.4, 0.5) is 15.8 Å². The second-order valence-electron chi connectivity index (χ2n) is 8.87. The fraction of sp³-hybridized carbons (Fsp3) is 0.259. The average Bonchev–Trinajstić information content (AvgIpc) is 3.43. The molecule has 8 nitrogen and oxygen atoms in total. The van der Waals surface area contributed by atoms with Gasteiger partial charge in [-0.1, -0.05) is 24.3 Å². The van der Waals surface area contributed by atoms with E-state index in [0.717, 1.165) is 29.9 Å². The van der Waals surface area contributed by atoms with Crippen molar-refractivity contribution in [3.8, 4) is 11.1 Å². The Hall–Kier alpha value is -3.76. The van der Waals surface area contributed by atoms with Crippen LogP contribution in [-0.4, -0.2) is 44.5 Å². The van der Waals surface area contributed by atoms with E-state index in [4.69, 9.17) is 0 Å². The lowest BCUT2D eigenvalue weighted by molar-refractivity contribution is -0.139. The Bertz CT molecular complexity index is 1340. The number of nitrogens with one attached hydrogen (secondary N) is 2. The number of hydrogen-bond donors (Lipinski definition) is 3. The summed E-state index contributed by atoms with van der Waals surface area (Å²) in [7, 11) is -4.14. The molecule has 10 heteroatoms. The van der Waals surface area contributed by atoms with E-state index in [2.05, 4.69) is 27.1 Å². The lowest BCUT2D eigenvalue weighted by Gasteiger charge is -2.18. The van der Waals surface area contributed by atoms with Crippen LogP contribution < -0.4 is 14.9 Å². The Morgan fingerprint density at radius 3 is 2.03 bits per heavy atom. The van der Waals surface area contributed by atoms with Crippen LogP contribution in [0.15, 0.2) is 77.7 Å². The molecule has 37 heavy (non-hydrogen) atoms. The van der Waals surface area contributed by atoms with Crippen LogP contribution in [-0.2, 0) is 19.6 Å². The van der Waals surface area contributed by atoms with E-state index in [1.165, 1.54) is 49.2 Å². The van der Waals surface area contributed by atoms with Crippen LogP contribution in [0.3, 0.4) is 0 Å². The summed E-state index contributed by atoms with van der Waals surface area (Å²) in [5.41, 5.74) is 3.29. The van der Waals surface area contributed by atoms with Gasteiger partial charge >= 0.3 is 5.97 Å². The molecule has 1 atom stereocenters. The van der Waals surface area contributed by atoms with Gasteiger partial charge in [0.1, 0.15) is 11.9 Å². The molecule has 3 N–H and O–H groups in total. The fourth-order valence-corrected chi connectivity index (χ4v) is 5.41. The maximum atomic E-state index is 13.0. The summed E-state index contributed by atoms with van der Waals surface area (Å²) in [6.07, 6.45) is 1.88. The second-order valence-corrected chi connectivity index (χ2v) is 10.6. The molecule has 0 aliphatic carbocycles. The molecule has 1 aliphatic rings. The number of sulfonamides is 1. The zero-order chi connectivity index (χ0) is 26.4. The number of hydrogen-bond acceptors (Lipinski definition) is 5. The van der Waals surface area contributed by atoms with Crippen molar-refractivity contribution >= 4 is 33.3 Å². The number of aliphatic carboxylic acids is 1. The molecule has 0 bridgehead atoms. The van der Waals surface area contributed by atoms with Gasteiger partial charge in [-0.2, -0.15) is 4.72 Å². The third-order valence-electron chi connectivity index (χ3n) is 6.22. The van der Waals surface area contributed by atoms with Gasteiger partial charge in [-0.25, -0.2) is 12.8 Å². The summed E-state index contributed by atoms with van der Waals surface area (Å²) >= 11 is 0. The van der Waals surface area contributed by atoms with E-state index in [1.54, 1.807) is 12.1 Å². The normalized spacial score (nSPS) is 14.4. The van der Waals surface area contributed by atoms with E-state index >= 15 is 0 Å². The molecule has 1 saturated heterocycles. The standard InChI is InChI=1S/C27H28FN3O5S/c28-21-7-9-22(10-8-21)29-26(32)16-15-25(27(33)34)30-37(35,36)24-13-5-20(6-14-24)19-3-11-23(12-4-19)31-17-1-2-18-31/h3-14,25,30H,1-2,15-18H2,(H,29,32)(H,33,34)/t25-/m0/s1. The zero-order valence-corrected chi connectivity index (χ0v) is 20.9. The first-order valence-electron chi connectivity index (χ1n) is 12.0. The Labute approximate surface area is 215 Å². The maximum absolute atomic E-state index is 13.0. The van der Waals surface area contributed by atoms with Gasteiger partial charge in [0.2, 0.25) is 15.9 Å². The lowest BCUT2D eigenvalue weighted by atomic mass is 10.1. The molecule has 3 aromatic carbocycles. The molecule has 0 saturated carbocycles. The highest BCUT2D eigenvalue weighted by Crippen LogP contribution is 2.26. The zero-order valence-electron chi connectivity index (χ0n) is 20.1. The SMILES string of the molecule is O=C(CC[C@H](NS(=O)(=O)c1ccc(-c2ccc(N3CCCC3)cc2)cc1)C(=O)O)Nc1ccc(F)cc1. The van der Waals surface area contributed by atoms with Crippen molar-refractivity contribution in [2.75, 3.05) is 23.3 Å². The van der Waals surface area contributed by atoms with Gasteiger partial charge in [-0.3, -0.25) is 9.59 Å². The highest BCUT2D eigenvalue weighted by Gasteiger charge is 2.26. The molecule has 4 rings (SSSR count). The molecular formula is C27H28FN3O5S. The second kappa shape index (κ2) is 11.5. The van der Waals surface area contributed by atoms with Crippen LogP contribution in [0.2, 0.25) is 0 Å². The van der Waals surface area contributed by atoms with Gasteiger partial charge < -0.3 is 15.3 Å². The van der Waals surface area contributed by atoms with Crippen molar-refractivity contribution in [2.24, 2.45) is 0 Å². The topological polar surface area (TPSA) is 116 Å². The molecule has 1 heterocycles. The fourth-order valence-electron chi connectivity index (χ4n) is 4.19. The van der Waals surface area contributed by atoms with E-state index in [-0.39, 0.29) is 17.7 Å². The highest BCUT2D eigenvalue weighted by atomic mass is 32.2. The molecule has 3 aromatic rings. The van der Waals surface area contributed by atoms with Gasteiger partial charge in [-0.05, 0) is 78.9 Å². The molecule has 1 fully saturated rings. The number of anilines is 2. The minimum Gasteiger partial charge on any atom is -0.480 e. The minimum atomic E-state index is -4.14. The molecule has 0 aromatic heterocycles. The van der Waals surface area contributed by atoms with Crippen molar-refractivity contribution in [2.45, 2.75) is 36.6 Å². The van der Waals surface area contributed by atoms with Gasteiger partial charge in [0.25, 0.3) is 0 Å². The first kappa shape index (κ1) is 26.3. The average molecular weight is 526 g/mol. The van der Waals surface area contributed by atoms with Crippen molar-refractivity contribution < 1.29 is 27.5 Å². The Morgan fingerprint density at radius 2 is 1.46 bits per heavy atom. The van der Waals surface area contributed by atoms with Crippen molar-refractivity contribution in [3.63, 3.8) is 0 Å². The van der Waals surface area contributed by atoms with Crippen molar-refractivity contribution in [1.29, 1.82) is 0 Å². The number of benzene rings is 3. The third-order valence-corrected chi connectivity index (χ3v) is 7.71. The van der Waals surface area contributed by atoms with Crippen molar-refractivity contribution in [1.82, 2.24) is 4.72 Å². The van der Waals surface area contributed by atoms with Gasteiger partial charge in [0.15, 0.2) is 0 Å². The lowest BCUT2D eigenvalue weighted by Crippen LogP contribution is -2.41. The maximum Gasteiger partial charge on any atom is 0.321 e. The number of amides is 1. The van der Waals surface area contributed by atoms with Crippen molar-refractivity contribution in [3.05, 3.63) is 78.6 Å². The third kappa shape index (κ3) is 6.93. The van der Waals surface area contributed by atoms with E-state index < -0.39 is 33.8 Å². The monoisotopic (exact) mass is 525 g/mol. The molecule has 0 spiro atoms. The largest absolute Gasteiger partial charge is 0.480 e. The van der Waals surface area contributed by atoms with Gasteiger partial charge in [-0.15, -0.1) is 0 Å². The quantitative estimate of drug-likeness (QED) is 0.365. The van der Waals surface area contributed by atoms with E-state index in [1.807, 2.05) is 12.1 Å². The predicted octanol–water partition coefficient (Wildman–Crippen LogP) is 4.24. The number of carbonyl (C=O) groups is 2. The van der Waals surface area contributed by atoms with Gasteiger partial charge in [0, 0.05) is 30.9 Å². The first-order chi connectivity index (χ1) is 17.7. The summed E-state index contributed by atoms with van der Waals surface area (Å²) in [5, 5.41) is 12.0. The highest BCUT2D eigenvalue weighted by molar-refractivity contribution is 7.89. The molecule has 0 radical (unpaired) electrons. The molecule has 0 unspecified atom stereocenters.